The van der Waals surface area contributed by atoms with E-state index in [4.69, 9.17) is 11.8 Å². The topological polar surface area (TPSA) is 15.6 Å². The monoisotopic (exact) mass is 388 g/mol. The molecule has 0 aliphatic carbocycles. The smallest absolute Gasteiger partial charge is 0.146 e. The molecule has 0 radical (unpaired) electrons. The minimum Gasteiger partial charge on any atom is -0.269 e. The van der Waals surface area contributed by atoms with E-state index in [-0.39, 0.29) is 0 Å². The van der Waals surface area contributed by atoms with E-state index in [1.807, 2.05) is 47.6 Å². The Morgan fingerprint density at radius 2 is 1.38 bits per heavy atom. The van der Waals surface area contributed by atoms with Crippen molar-refractivity contribution in [3.63, 3.8) is 0 Å². The van der Waals surface area contributed by atoms with Crippen LogP contribution >= 0.6 is 11.8 Å². The second kappa shape index (κ2) is 29.0. The molecule has 0 amide bonds. The molecule has 158 valence electrons. The molecule has 0 saturated carbocycles. The summed E-state index contributed by atoms with van der Waals surface area (Å²) in [7, 11) is 0. The van der Waals surface area contributed by atoms with E-state index < -0.39 is 0 Å². The molecular formula is C23H49ClN2. The summed E-state index contributed by atoms with van der Waals surface area (Å²) >= 11 is 6.13. The maximum absolute atomic E-state index is 6.13. The molecule has 2 nitrogen and oxygen atoms in total. The van der Waals surface area contributed by atoms with E-state index in [9.17, 15) is 0 Å². The summed E-state index contributed by atoms with van der Waals surface area (Å²) in [5.41, 5.74) is 2.17. The first-order valence-electron chi connectivity index (χ1n) is 10.8. The van der Waals surface area contributed by atoms with Gasteiger partial charge in [-0.1, -0.05) is 93.7 Å². The Balaban J connectivity index is -0.000000167. The molecule has 0 unspecified atom stereocenters. The summed E-state index contributed by atoms with van der Waals surface area (Å²) in [5, 5.41) is 0. The van der Waals surface area contributed by atoms with Crippen molar-refractivity contribution in [1.82, 2.24) is 4.42 Å². The van der Waals surface area contributed by atoms with Gasteiger partial charge < -0.3 is 0 Å². The molecule has 26 heavy (non-hydrogen) atoms. The molecule has 1 rings (SSSR count). The van der Waals surface area contributed by atoms with Gasteiger partial charge in [0.1, 0.15) is 5.82 Å². The van der Waals surface area contributed by atoms with Crippen LogP contribution in [0.4, 0.5) is 0 Å². The highest BCUT2D eigenvalue weighted by molar-refractivity contribution is 6.14. The minimum atomic E-state index is 0.866. The molecule has 0 atom stereocenters. The van der Waals surface area contributed by atoms with Gasteiger partial charge in [-0.2, -0.15) is 0 Å². The first-order valence-corrected chi connectivity index (χ1v) is 11.1. The second-order valence-electron chi connectivity index (χ2n) is 5.65. The third-order valence-electron chi connectivity index (χ3n) is 3.14. The Morgan fingerprint density at radius 3 is 1.69 bits per heavy atom. The fraction of sp³-hybridized carbons (Fsp3) is 0.783. The zero-order valence-electron chi connectivity index (χ0n) is 19.7. The summed E-state index contributed by atoms with van der Waals surface area (Å²) in [4.78, 5) is 4.45. The number of halogens is 1. The molecule has 0 fully saturated rings. The van der Waals surface area contributed by atoms with Crippen LogP contribution in [-0.4, -0.2) is 16.7 Å². The first kappa shape index (κ1) is 32.9. The highest BCUT2D eigenvalue weighted by atomic mass is 35.5. The van der Waals surface area contributed by atoms with E-state index in [2.05, 4.69) is 39.3 Å². The van der Waals surface area contributed by atoms with Gasteiger partial charge in [-0.05, 0) is 38.7 Å². The Hall–Kier alpha value is -0.760. The van der Waals surface area contributed by atoms with E-state index in [0.29, 0.717) is 0 Å². The van der Waals surface area contributed by atoms with Gasteiger partial charge in [-0.25, -0.2) is 4.99 Å². The average Bonchev–Trinajstić information content (AvgIpc) is 2.86. The lowest BCUT2D eigenvalue weighted by molar-refractivity contribution is 0.535. The van der Waals surface area contributed by atoms with Crippen LogP contribution in [0.25, 0.3) is 0 Å². The van der Waals surface area contributed by atoms with Gasteiger partial charge >= 0.3 is 0 Å². The highest BCUT2D eigenvalue weighted by Crippen LogP contribution is 2.24. The summed E-state index contributed by atoms with van der Waals surface area (Å²) in [6, 6.07) is 0. The number of nitrogens with zero attached hydrogens (tertiary/aromatic N) is 2. The Bertz CT molecular complexity index is 321. The van der Waals surface area contributed by atoms with Crippen LogP contribution in [0.15, 0.2) is 29.0 Å². The standard InChI is InChI=1S/C11H17ClN2.2C4H10.2C2H6/c1-4-10-7-5-6-8-14(12)11(10)13-9(2)3;2*1-3-4-2;2*1-2/h4H,1,5-8H2,2-3H3;2*3-4H2,1-2H3;2*1-2H3. The van der Waals surface area contributed by atoms with Crippen molar-refractivity contribution in [1.29, 1.82) is 0 Å². The highest BCUT2D eigenvalue weighted by Gasteiger charge is 2.14. The molecule has 3 heteroatoms. The average molecular weight is 389 g/mol. The second-order valence-corrected chi connectivity index (χ2v) is 6.06. The summed E-state index contributed by atoms with van der Waals surface area (Å²) < 4.78 is 1.71. The molecule has 1 aliphatic heterocycles. The van der Waals surface area contributed by atoms with Crippen LogP contribution < -0.4 is 0 Å². The summed E-state index contributed by atoms with van der Waals surface area (Å²) in [5.74, 6) is 0.874. The quantitative estimate of drug-likeness (QED) is 0.346. The van der Waals surface area contributed by atoms with E-state index in [1.54, 1.807) is 4.42 Å². The van der Waals surface area contributed by atoms with Crippen LogP contribution in [-0.2, 0) is 0 Å². The number of unbranched alkanes of at least 4 members (excludes halogenated alkanes) is 2. The van der Waals surface area contributed by atoms with Crippen molar-refractivity contribution >= 4 is 17.5 Å². The number of rotatable bonds is 4. The van der Waals surface area contributed by atoms with Gasteiger partial charge in [0.25, 0.3) is 0 Å². The Labute approximate surface area is 171 Å². The van der Waals surface area contributed by atoms with Gasteiger partial charge in [-0.3, -0.25) is 4.42 Å². The molecule has 1 aliphatic rings. The first-order chi connectivity index (χ1) is 12.5. The van der Waals surface area contributed by atoms with Crippen molar-refractivity contribution in [3.05, 3.63) is 24.0 Å². The predicted molar refractivity (Wildman–Crippen MR) is 126 cm³/mol. The normalized spacial score (nSPS) is 12.3. The van der Waals surface area contributed by atoms with Gasteiger partial charge in [0.15, 0.2) is 0 Å². The van der Waals surface area contributed by atoms with Crippen LogP contribution in [0.3, 0.4) is 0 Å². The summed E-state index contributed by atoms with van der Waals surface area (Å²) in [6.07, 6.45) is 10.4. The molecule has 0 aromatic carbocycles. The van der Waals surface area contributed by atoms with E-state index in [0.717, 1.165) is 42.9 Å². The van der Waals surface area contributed by atoms with Crippen molar-refractivity contribution in [2.24, 2.45) is 4.99 Å². The zero-order chi connectivity index (χ0) is 21.4. The Kier molecular flexibility index (Phi) is 36.7. The fourth-order valence-electron chi connectivity index (χ4n) is 1.47. The lowest BCUT2D eigenvalue weighted by Crippen LogP contribution is -2.12. The zero-order valence-corrected chi connectivity index (χ0v) is 20.5. The van der Waals surface area contributed by atoms with Gasteiger partial charge in [0, 0.05) is 24.0 Å². The van der Waals surface area contributed by atoms with Gasteiger partial charge in [0.2, 0.25) is 0 Å². The Morgan fingerprint density at radius 1 is 0.962 bits per heavy atom. The van der Waals surface area contributed by atoms with Gasteiger partial charge in [0.05, 0.1) is 0 Å². The van der Waals surface area contributed by atoms with Gasteiger partial charge in [-0.15, -0.1) is 0 Å². The molecule has 0 aromatic rings. The van der Waals surface area contributed by atoms with Crippen molar-refractivity contribution in [3.8, 4) is 0 Å². The van der Waals surface area contributed by atoms with E-state index in [1.165, 1.54) is 25.7 Å². The number of hydrogen-bond donors (Lipinski definition) is 0. The molecule has 1 heterocycles. The lowest BCUT2D eigenvalue weighted by Gasteiger charge is -2.15. The van der Waals surface area contributed by atoms with E-state index >= 15 is 0 Å². The number of hydrogen-bond acceptors (Lipinski definition) is 2. The third-order valence-corrected chi connectivity index (χ3v) is 3.47. The van der Waals surface area contributed by atoms with Crippen LogP contribution in [0.5, 0.6) is 0 Å². The molecule has 0 spiro atoms. The third kappa shape index (κ3) is 23.2. The van der Waals surface area contributed by atoms with Crippen molar-refractivity contribution in [2.45, 2.75) is 114 Å². The lowest BCUT2D eigenvalue weighted by atomic mass is 10.1. The predicted octanol–water partition coefficient (Wildman–Crippen LogP) is 9.17. The fourth-order valence-corrected chi connectivity index (χ4v) is 1.74. The molecular weight excluding hydrogens is 340 g/mol. The minimum absolute atomic E-state index is 0.866. The van der Waals surface area contributed by atoms with Crippen molar-refractivity contribution < 1.29 is 0 Å². The molecule has 0 N–H and O–H groups in total. The molecule has 0 bridgehead atoms. The molecule has 0 aromatic heterocycles. The molecule has 0 saturated heterocycles. The number of allylic oxidation sites excluding steroid dienone is 2. The van der Waals surface area contributed by atoms with Crippen LogP contribution in [0.2, 0.25) is 0 Å². The van der Waals surface area contributed by atoms with Crippen LogP contribution in [0, 0.1) is 0 Å². The van der Waals surface area contributed by atoms with Crippen LogP contribution in [0.1, 0.15) is 114 Å². The maximum atomic E-state index is 6.13. The maximum Gasteiger partial charge on any atom is 0.146 e. The SMILES string of the molecule is C=CC1=C(N=C(C)C)N(Cl)CCCC1.CC.CC.CCCC.CCCC. The number of aliphatic imine (C=N–C) groups is 1. The van der Waals surface area contributed by atoms with Crippen molar-refractivity contribution in [2.75, 3.05) is 6.54 Å². The summed E-state index contributed by atoms with van der Waals surface area (Å²) in [6.45, 7) is 25.3. The largest absolute Gasteiger partial charge is 0.269 e.